The first-order chi connectivity index (χ1) is 12.9. The molecule has 27 heavy (non-hydrogen) atoms. The van der Waals surface area contributed by atoms with Crippen LogP contribution in [0.1, 0.15) is 27.0 Å². The van der Waals surface area contributed by atoms with Gasteiger partial charge in [-0.2, -0.15) is 0 Å². The van der Waals surface area contributed by atoms with Crippen LogP contribution < -0.4 is 5.32 Å². The lowest BCUT2D eigenvalue weighted by Crippen LogP contribution is -2.43. The highest BCUT2D eigenvalue weighted by atomic mass is 16.4. The number of benzene rings is 2. The van der Waals surface area contributed by atoms with Gasteiger partial charge in [-0.05, 0) is 49.1 Å². The van der Waals surface area contributed by atoms with Crippen LogP contribution in [-0.4, -0.2) is 47.4 Å². The van der Waals surface area contributed by atoms with E-state index in [1.807, 2.05) is 50.2 Å². The zero-order valence-electron chi connectivity index (χ0n) is 15.6. The van der Waals surface area contributed by atoms with Crippen molar-refractivity contribution in [1.82, 2.24) is 10.2 Å². The smallest absolute Gasteiger partial charge is 0.323 e. The molecule has 0 spiro atoms. The van der Waals surface area contributed by atoms with Gasteiger partial charge in [-0.25, -0.2) is 0 Å². The Kier molecular flexibility index (Phi) is 7.11. The Morgan fingerprint density at radius 3 is 2.33 bits per heavy atom. The molecule has 142 valence electrons. The summed E-state index contributed by atoms with van der Waals surface area (Å²) in [5.74, 6) is -1.87. The molecule has 0 radical (unpaired) electrons. The highest BCUT2D eigenvalue weighted by molar-refractivity contribution is 5.97. The lowest BCUT2D eigenvalue weighted by Gasteiger charge is -2.21. The first-order valence-electron chi connectivity index (χ1n) is 8.75. The maximum Gasteiger partial charge on any atom is 0.323 e. The van der Waals surface area contributed by atoms with Crippen molar-refractivity contribution in [3.8, 4) is 0 Å². The number of amides is 2. The van der Waals surface area contributed by atoms with Gasteiger partial charge in [-0.3, -0.25) is 14.4 Å². The average Bonchev–Trinajstić information content (AvgIpc) is 2.65. The molecule has 0 saturated heterocycles. The third kappa shape index (κ3) is 6.26. The molecule has 0 atom stereocenters. The fraction of sp³-hybridized carbons (Fsp3) is 0.286. The summed E-state index contributed by atoms with van der Waals surface area (Å²) in [6.07, 6.45) is 0.547. The van der Waals surface area contributed by atoms with Crippen molar-refractivity contribution in [2.45, 2.75) is 20.3 Å². The van der Waals surface area contributed by atoms with E-state index < -0.39 is 18.4 Å². The Labute approximate surface area is 158 Å². The summed E-state index contributed by atoms with van der Waals surface area (Å²) in [7, 11) is 0. The zero-order chi connectivity index (χ0) is 19.8. The second-order valence-corrected chi connectivity index (χ2v) is 6.43. The standard InChI is InChI=1S/C21H24N2O4/c1-15-8-9-18(12-16(15)2)21(27)22-13-19(24)23(14-20(25)26)11-10-17-6-4-3-5-7-17/h3-9,12H,10-11,13-14H2,1-2H3,(H,22,27)(H,25,26). The second kappa shape index (κ2) is 9.52. The summed E-state index contributed by atoms with van der Waals surface area (Å²) in [6, 6.07) is 14.8. The largest absolute Gasteiger partial charge is 0.480 e. The van der Waals surface area contributed by atoms with E-state index in [0.29, 0.717) is 12.0 Å². The average molecular weight is 368 g/mol. The van der Waals surface area contributed by atoms with E-state index in [4.69, 9.17) is 5.11 Å². The van der Waals surface area contributed by atoms with E-state index in [2.05, 4.69) is 5.32 Å². The van der Waals surface area contributed by atoms with Crippen molar-refractivity contribution in [2.75, 3.05) is 19.6 Å². The molecule has 2 N–H and O–H groups in total. The molecule has 0 aromatic heterocycles. The Bertz CT molecular complexity index is 818. The van der Waals surface area contributed by atoms with Gasteiger partial charge in [0, 0.05) is 12.1 Å². The van der Waals surface area contributed by atoms with Crippen LogP contribution in [0.2, 0.25) is 0 Å². The lowest BCUT2D eigenvalue weighted by atomic mass is 10.1. The van der Waals surface area contributed by atoms with Crippen molar-refractivity contribution in [3.63, 3.8) is 0 Å². The van der Waals surface area contributed by atoms with Gasteiger partial charge in [0.15, 0.2) is 0 Å². The Morgan fingerprint density at radius 1 is 1.00 bits per heavy atom. The minimum atomic E-state index is -1.09. The molecule has 0 aliphatic heterocycles. The molecule has 2 rings (SSSR count). The van der Waals surface area contributed by atoms with E-state index in [9.17, 15) is 14.4 Å². The molecule has 0 aliphatic carbocycles. The molecule has 6 nitrogen and oxygen atoms in total. The van der Waals surface area contributed by atoms with Crippen LogP contribution in [0.5, 0.6) is 0 Å². The van der Waals surface area contributed by atoms with Gasteiger partial charge in [-0.15, -0.1) is 0 Å². The fourth-order valence-corrected chi connectivity index (χ4v) is 2.62. The number of aliphatic carboxylic acids is 1. The monoisotopic (exact) mass is 368 g/mol. The molecular weight excluding hydrogens is 344 g/mol. The Morgan fingerprint density at radius 2 is 1.70 bits per heavy atom. The van der Waals surface area contributed by atoms with Crippen LogP contribution in [0.15, 0.2) is 48.5 Å². The zero-order valence-corrected chi connectivity index (χ0v) is 15.6. The van der Waals surface area contributed by atoms with Crippen LogP contribution in [0.3, 0.4) is 0 Å². The number of nitrogens with zero attached hydrogens (tertiary/aromatic N) is 1. The predicted octanol–water partition coefficient (Wildman–Crippen LogP) is 2.19. The first kappa shape index (κ1) is 20.2. The molecule has 0 heterocycles. The van der Waals surface area contributed by atoms with E-state index in [-0.39, 0.29) is 19.0 Å². The van der Waals surface area contributed by atoms with Gasteiger partial charge in [0.25, 0.3) is 5.91 Å². The Hall–Kier alpha value is -3.15. The SMILES string of the molecule is Cc1ccc(C(=O)NCC(=O)N(CCc2ccccc2)CC(=O)O)cc1C. The first-order valence-corrected chi connectivity index (χ1v) is 8.75. The maximum atomic E-state index is 12.4. The number of rotatable bonds is 8. The fourth-order valence-electron chi connectivity index (χ4n) is 2.62. The summed E-state index contributed by atoms with van der Waals surface area (Å²) in [6.45, 7) is 3.50. The number of carbonyl (C=O) groups is 3. The number of aryl methyl sites for hydroxylation is 2. The van der Waals surface area contributed by atoms with E-state index in [0.717, 1.165) is 16.7 Å². The summed E-state index contributed by atoms with van der Waals surface area (Å²) >= 11 is 0. The van der Waals surface area contributed by atoms with Crippen LogP contribution in [-0.2, 0) is 16.0 Å². The van der Waals surface area contributed by atoms with Gasteiger partial charge >= 0.3 is 5.97 Å². The molecule has 2 aromatic rings. The lowest BCUT2D eigenvalue weighted by molar-refractivity contribution is -0.144. The number of nitrogens with one attached hydrogen (secondary N) is 1. The van der Waals surface area contributed by atoms with E-state index in [1.54, 1.807) is 12.1 Å². The third-order valence-corrected chi connectivity index (χ3v) is 4.36. The number of hydrogen-bond acceptors (Lipinski definition) is 3. The number of carbonyl (C=O) groups excluding carboxylic acids is 2. The predicted molar refractivity (Wildman–Crippen MR) is 103 cm³/mol. The van der Waals surface area contributed by atoms with Crippen molar-refractivity contribution in [2.24, 2.45) is 0 Å². The van der Waals surface area contributed by atoms with Crippen LogP contribution in [0, 0.1) is 13.8 Å². The van der Waals surface area contributed by atoms with Gasteiger partial charge in [-0.1, -0.05) is 36.4 Å². The summed E-state index contributed by atoms with van der Waals surface area (Å²) < 4.78 is 0. The Balaban J connectivity index is 1.94. The van der Waals surface area contributed by atoms with Gasteiger partial charge < -0.3 is 15.3 Å². The number of carboxylic acid groups (broad SMARTS) is 1. The minimum absolute atomic E-state index is 0.242. The highest BCUT2D eigenvalue weighted by Crippen LogP contribution is 2.09. The molecule has 0 fully saturated rings. The van der Waals surface area contributed by atoms with Crippen molar-refractivity contribution in [1.29, 1.82) is 0 Å². The van der Waals surface area contributed by atoms with Gasteiger partial charge in [0.2, 0.25) is 5.91 Å². The van der Waals surface area contributed by atoms with E-state index in [1.165, 1.54) is 4.90 Å². The normalized spacial score (nSPS) is 10.3. The molecule has 6 heteroatoms. The quantitative estimate of drug-likeness (QED) is 0.748. The van der Waals surface area contributed by atoms with Crippen LogP contribution in [0.4, 0.5) is 0 Å². The number of hydrogen-bond donors (Lipinski definition) is 2. The summed E-state index contributed by atoms with van der Waals surface area (Å²) in [5, 5.41) is 11.6. The molecular formula is C21H24N2O4. The molecule has 2 amide bonds. The van der Waals surface area contributed by atoms with Crippen molar-refractivity contribution in [3.05, 3.63) is 70.8 Å². The van der Waals surface area contributed by atoms with Gasteiger partial charge in [0.1, 0.15) is 6.54 Å². The second-order valence-electron chi connectivity index (χ2n) is 6.43. The minimum Gasteiger partial charge on any atom is -0.480 e. The van der Waals surface area contributed by atoms with Crippen molar-refractivity contribution < 1.29 is 19.5 Å². The van der Waals surface area contributed by atoms with Crippen molar-refractivity contribution >= 4 is 17.8 Å². The third-order valence-electron chi connectivity index (χ3n) is 4.36. The summed E-state index contributed by atoms with van der Waals surface area (Å²) in [4.78, 5) is 37.0. The van der Waals surface area contributed by atoms with Gasteiger partial charge in [0.05, 0.1) is 6.54 Å². The van der Waals surface area contributed by atoms with E-state index >= 15 is 0 Å². The molecule has 0 bridgehead atoms. The van der Waals surface area contributed by atoms with Crippen LogP contribution in [0.25, 0.3) is 0 Å². The topological polar surface area (TPSA) is 86.7 Å². The molecule has 2 aromatic carbocycles. The maximum absolute atomic E-state index is 12.4. The number of carboxylic acids is 1. The molecule has 0 saturated carbocycles. The highest BCUT2D eigenvalue weighted by Gasteiger charge is 2.18. The van der Waals surface area contributed by atoms with Crippen LogP contribution >= 0.6 is 0 Å². The molecule has 0 unspecified atom stereocenters. The molecule has 0 aliphatic rings. The summed E-state index contributed by atoms with van der Waals surface area (Å²) in [5.41, 5.74) is 3.56.